The maximum atomic E-state index is 13.3. The van der Waals surface area contributed by atoms with Gasteiger partial charge in [-0.1, -0.05) is 81.2 Å². The van der Waals surface area contributed by atoms with E-state index in [-0.39, 0.29) is 71.1 Å². The Morgan fingerprint density at radius 3 is 2.53 bits per heavy atom. The lowest BCUT2D eigenvalue weighted by molar-refractivity contribution is -0.114. The molecule has 0 spiro atoms. The first-order valence-corrected chi connectivity index (χ1v) is 22.1. The van der Waals surface area contributed by atoms with Crippen molar-refractivity contribution >= 4 is 11.7 Å². The number of unbranched alkanes of at least 4 members (excludes halogenated alkanes) is 1. The average molecular weight is 776 g/mol. The van der Waals surface area contributed by atoms with Gasteiger partial charge in [0.1, 0.15) is 5.75 Å². The van der Waals surface area contributed by atoms with Crippen LogP contribution in [-0.4, -0.2) is 46.8 Å². The van der Waals surface area contributed by atoms with Crippen molar-refractivity contribution in [2.24, 2.45) is 40.1 Å². The van der Waals surface area contributed by atoms with Crippen LogP contribution in [0, 0.1) is 35.5 Å². The fourth-order valence-electron chi connectivity index (χ4n) is 10.8. The van der Waals surface area contributed by atoms with Gasteiger partial charge in [0.2, 0.25) is 0 Å². The Morgan fingerprint density at radius 1 is 1.00 bits per heavy atom. The summed E-state index contributed by atoms with van der Waals surface area (Å²) < 4.78 is 13.7. The Kier molecular flexibility index (Phi) is 13.7. The summed E-state index contributed by atoms with van der Waals surface area (Å²) in [7, 11) is 0. The standard InChI is InChI=1S/C49H65N3O5/c1-3-4-6-15-36(53)23-22-33-29-45(57-39-19-9-10-20-39)48(55)47-40(33)21-12-14-35(52-49(50)51)26-34-28-42-41(32-13-11-16-37(54)27-32)24-31(2)25-43(42)46(47)44(34)30-56-38-17-7-5-8-18-38/h6,11,13,15-16,27-29,31,34-35,38-39,41,43-44,46,54-55H,3-5,7-10,14,17-20,22-26,30H2,1-2H3,(H4,50,51,52)/t31-,34-,35+,41-,43-,44+,46+/m1/s1. The van der Waals surface area contributed by atoms with Crippen LogP contribution < -0.4 is 16.2 Å². The fraction of sp³-hybridized carbons (Fsp3) is 0.592. The van der Waals surface area contributed by atoms with Gasteiger partial charge in [0.15, 0.2) is 23.2 Å². The molecule has 0 unspecified atom stereocenters. The molecule has 0 heterocycles. The normalized spacial score (nSPS) is 27.8. The van der Waals surface area contributed by atoms with Gasteiger partial charge in [0, 0.05) is 35.8 Å². The highest BCUT2D eigenvalue weighted by atomic mass is 16.5. The van der Waals surface area contributed by atoms with Gasteiger partial charge in [0.05, 0.1) is 24.9 Å². The van der Waals surface area contributed by atoms with E-state index in [2.05, 4.69) is 37.8 Å². The number of aliphatic imine (C=N–C) groups is 1. The summed E-state index contributed by atoms with van der Waals surface area (Å²) >= 11 is 0. The van der Waals surface area contributed by atoms with Crippen molar-refractivity contribution in [1.82, 2.24) is 0 Å². The summed E-state index contributed by atoms with van der Waals surface area (Å²) in [4.78, 5) is 18.0. The monoisotopic (exact) mass is 775 g/mol. The highest BCUT2D eigenvalue weighted by Gasteiger charge is 2.49. The van der Waals surface area contributed by atoms with Crippen LogP contribution in [0.4, 0.5) is 0 Å². The lowest BCUT2D eigenvalue weighted by Crippen LogP contribution is -2.42. The van der Waals surface area contributed by atoms with Crippen LogP contribution in [0.25, 0.3) is 0 Å². The molecule has 7 atom stereocenters. The minimum Gasteiger partial charge on any atom is -0.508 e. The number of phenols is 2. The molecule has 306 valence electrons. The second-order valence-corrected chi connectivity index (χ2v) is 17.7. The number of hydrogen-bond donors (Lipinski definition) is 4. The third-order valence-electron chi connectivity index (χ3n) is 13.5. The smallest absolute Gasteiger partial charge is 0.186 e. The van der Waals surface area contributed by atoms with Gasteiger partial charge in [-0.3, -0.25) is 4.79 Å². The molecule has 6 N–H and O–H groups in total. The number of benzene rings is 2. The highest BCUT2D eigenvalue weighted by Crippen LogP contribution is 2.59. The summed E-state index contributed by atoms with van der Waals surface area (Å²) in [5, 5.41) is 23.5. The number of rotatable bonds is 13. The fourth-order valence-corrected chi connectivity index (χ4v) is 10.8. The number of nitrogens with zero attached hydrogens (tertiary/aromatic N) is 1. The van der Waals surface area contributed by atoms with Gasteiger partial charge in [-0.05, 0) is 130 Å². The second kappa shape index (κ2) is 19.0. The van der Waals surface area contributed by atoms with Crippen molar-refractivity contribution in [1.29, 1.82) is 0 Å². The Balaban J connectivity index is 1.43. The van der Waals surface area contributed by atoms with Crippen molar-refractivity contribution in [3.8, 4) is 29.1 Å². The van der Waals surface area contributed by atoms with E-state index in [4.69, 9.17) is 25.9 Å². The Morgan fingerprint density at radius 2 is 1.77 bits per heavy atom. The number of phenolic OH excluding ortho intramolecular Hbond substituents is 2. The molecule has 0 aromatic heterocycles. The van der Waals surface area contributed by atoms with Crippen LogP contribution in [0.2, 0.25) is 0 Å². The molecular weight excluding hydrogens is 711 g/mol. The van der Waals surface area contributed by atoms with Crippen LogP contribution in [0.15, 0.2) is 59.1 Å². The molecule has 8 heteroatoms. The van der Waals surface area contributed by atoms with E-state index in [0.29, 0.717) is 44.0 Å². The largest absolute Gasteiger partial charge is 0.508 e. The first-order chi connectivity index (χ1) is 27.7. The van der Waals surface area contributed by atoms with Gasteiger partial charge < -0.3 is 31.2 Å². The van der Waals surface area contributed by atoms with E-state index in [1.165, 1.54) is 24.8 Å². The first kappa shape index (κ1) is 41.0. The minimum absolute atomic E-state index is 0.00485. The lowest BCUT2D eigenvalue weighted by Gasteiger charge is -2.50. The molecule has 0 amide bonds. The van der Waals surface area contributed by atoms with Crippen LogP contribution in [-0.2, 0) is 16.0 Å². The zero-order valence-corrected chi connectivity index (χ0v) is 34.3. The number of nitrogens with two attached hydrogens (primary N) is 2. The van der Waals surface area contributed by atoms with Crippen LogP contribution in [0.5, 0.6) is 17.2 Å². The number of allylic oxidation sites excluding steroid dienone is 4. The summed E-state index contributed by atoms with van der Waals surface area (Å²) in [6.07, 6.45) is 22.1. The number of fused-ring (bicyclic) bond motifs is 6. The van der Waals surface area contributed by atoms with Gasteiger partial charge in [-0.15, -0.1) is 0 Å². The number of aryl methyl sites for hydroxylation is 1. The Hall–Kier alpha value is -4.22. The van der Waals surface area contributed by atoms with E-state index in [1.807, 2.05) is 24.3 Å². The average Bonchev–Trinajstić information content (AvgIpc) is 3.71. The molecule has 8 nitrogen and oxygen atoms in total. The van der Waals surface area contributed by atoms with E-state index in [0.717, 1.165) is 86.5 Å². The van der Waals surface area contributed by atoms with Crippen molar-refractivity contribution in [3.05, 3.63) is 76.4 Å². The molecule has 5 aliphatic carbocycles. The van der Waals surface area contributed by atoms with Crippen molar-refractivity contribution in [3.63, 3.8) is 0 Å². The van der Waals surface area contributed by atoms with E-state index in [1.54, 1.807) is 12.1 Å². The number of hydrogen-bond acceptors (Lipinski definition) is 6. The molecule has 0 saturated heterocycles. The molecule has 5 aliphatic rings. The third kappa shape index (κ3) is 9.91. The van der Waals surface area contributed by atoms with Crippen molar-refractivity contribution in [2.45, 2.75) is 153 Å². The Labute approximate surface area is 340 Å². The molecule has 7 rings (SSSR count). The molecule has 0 aliphatic heterocycles. The highest BCUT2D eigenvalue weighted by molar-refractivity contribution is 5.89. The quantitative estimate of drug-likeness (QED) is 0.0523. The summed E-state index contributed by atoms with van der Waals surface area (Å²) in [5.41, 5.74) is 17.2. The zero-order chi connectivity index (χ0) is 39.9. The van der Waals surface area contributed by atoms with Crippen LogP contribution in [0.1, 0.15) is 151 Å². The molecule has 2 aromatic carbocycles. The predicted octanol–water partition coefficient (Wildman–Crippen LogP) is 9.50. The SMILES string of the molecule is CCCC=CC(=O)CCc1cc(OC2CCCC2)c(O)c2c1C#CC[C@H](N=C(N)N)C[C@@H]1C=C3[C@@H](C[C@H](C)C[C@@H]3c3cccc(O)c3)[C@H]2[C@H]1COC1CCCCC1. The number of ketones is 1. The molecule has 2 aromatic rings. The second-order valence-electron chi connectivity index (χ2n) is 17.7. The molecule has 3 saturated carbocycles. The topological polar surface area (TPSA) is 140 Å². The van der Waals surface area contributed by atoms with Crippen molar-refractivity contribution in [2.75, 3.05) is 6.61 Å². The van der Waals surface area contributed by atoms with Crippen LogP contribution in [0.3, 0.4) is 0 Å². The molecule has 3 fully saturated rings. The molecule has 57 heavy (non-hydrogen) atoms. The third-order valence-corrected chi connectivity index (χ3v) is 13.5. The number of carbonyl (C=O) groups is 1. The number of aromatic hydroxyl groups is 2. The number of ether oxygens (including phenoxy) is 2. The van der Waals surface area contributed by atoms with Crippen LogP contribution >= 0.6 is 0 Å². The minimum atomic E-state index is -0.227. The van der Waals surface area contributed by atoms with E-state index < -0.39 is 0 Å². The van der Waals surface area contributed by atoms with Crippen molar-refractivity contribution < 1.29 is 24.5 Å². The maximum absolute atomic E-state index is 13.3. The summed E-state index contributed by atoms with van der Waals surface area (Å²) in [5.74, 6) is 8.62. The number of guanidine groups is 1. The lowest BCUT2D eigenvalue weighted by atomic mass is 9.55. The van der Waals surface area contributed by atoms with E-state index >= 15 is 0 Å². The first-order valence-electron chi connectivity index (χ1n) is 22.1. The molecule has 0 radical (unpaired) electrons. The van der Waals surface area contributed by atoms with E-state index in [9.17, 15) is 15.0 Å². The number of carbonyl (C=O) groups excluding carboxylic acids is 1. The summed E-state index contributed by atoms with van der Waals surface area (Å²) in [6.45, 7) is 5.00. The van der Waals surface area contributed by atoms with Gasteiger partial charge >= 0.3 is 0 Å². The zero-order valence-electron chi connectivity index (χ0n) is 34.3. The van der Waals surface area contributed by atoms with Gasteiger partial charge in [0.25, 0.3) is 0 Å². The molecular formula is C49H65N3O5. The predicted molar refractivity (Wildman–Crippen MR) is 227 cm³/mol. The van der Waals surface area contributed by atoms with Gasteiger partial charge in [-0.2, -0.15) is 0 Å². The molecule has 2 bridgehead atoms. The summed E-state index contributed by atoms with van der Waals surface area (Å²) in [6, 6.07) is 9.50. The Bertz CT molecular complexity index is 1870. The van der Waals surface area contributed by atoms with Gasteiger partial charge in [-0.25, -0.2) is 4.99 Å². The maximum Gasteiger partial charge on any atom is 0.186 e.